The number of rotatable bonds is 6. The molecule has 0 bridgehead atoms. The molecule has 0 heterocycles. The summed E-state index contributed by atoms with van der Waals surface area (Å²) >= 11 is 0. The molecule has 1 rings (SSSR count). The van der Waals surface area contributed by atoms with Gasteiger partial charge in [-0.2, -0.15) is 13.2 Å². The average molecular weight is 320 g/mol. The molecular formula is C14H19F3N2O3. The first-order valence-electron chi connectivity index (χ1n) is 6.58. The van der Waals surface area contributed by atoms with Gasteiger partial charge in [0.05, 0.1) is 12.6 Å². The lowest BCUT2D eigenvalue weighted by Crippen LogP contribution is -2.38. The van der Waals surface area contributed by atoms with Crippen molar-refractivity contribution in [1.29, 1.82) is 0 Å². The highest BCUT2D eigenvalue weighted by molar-refractivity contribution is 5.90. The van der Waals surface area contributed by atoms with Crippen molar-refractivity contribution in [3.63, 3.8) is 0 Å². The van der Waals surface area contributed by atoms with Gasteiger partial charge in [-0.25, -0.2) is 4.79 Å². The van der Waals surface area contributed by atoms with Gasteiger partial charge in [0.15, 0.2) is 6.61 Å². The van der Waals surface area contributed by atoms with Crippen LogP contribution in [-0.2, 0) is 4.74 Å². The number of urea groups is 1. The Morgan fingerprint density at radius 3 is 2.64 bits per heavy atom. The van der Waals surface area contributed by atoms with E-state index in [1.807, 2.05) is 0 Å². The molecule has 1 atom stereocenters. The molecule has 22 heavy (non-hydrogen) atoms. The van der Waals surface area contributed by atoms with E-state index in [1.165, 1.54) is 19.2 Å². The first-order valence-corrected chi connectivity index (χ1v) is 6.58. The third kappa shape index (κ3) is 6.21. The highest BCUT2D eigenvalue weighted by Gasteiger charge is 2.28. The summed E-state index contributed by atoms with van der Waals surface area (Å²) in [5.41, 5.74) is 0.795. The maximum atomic E-state index is 12.2. The van der Waals surface area contributed by atoms with E-state index in [0.29, 0.717) is 17.9 Å². The van der Waals surface area contributed by atoms with Crippen LogP contribution in [0, 0.1) is 6.92 Å². The Labute approximate surface area is 126 Å². The van der Waals surface area contributed by atoms with Crippen LogP contribution >= 0.6 is 0 Å². The molecule has 124 valence electrons. The first kappa shape index (κ1) is 18.1. The van der Waals surface area contributed by atoms with E-state index >= 15 is 0 Å². The van der Waals surface area contributed by atoms with Gasteiger partial charge in [-0.3, -0.25) is 0 Å². The maximum absolute atomic E-state index is 12.2. The fourth-order valence-corrected chi connectivity index (χ4v) is 1.74. The fraction of sp³-hybridized carbons (Fsp3) is 0.500. The van der Waals surface area contributed by atoms with Gasteiger partial charge in [0, 0.05) is 18.4 Å². The molecule has 0 saturated heterocycles. The molecule has 0 fully saturated rings. The number of ether oxygens (including phenoxy) is 2. The quantitative estimate of drug-likeness (QED) is 0.847. The molecule has 0 aliphatic heterocycles. The third-order valence-electron chi connectivity index (χ3n) is 2.72. The number of anilines is 1. The van der Waals surface area contributed by atoms with Crippen molar-refractivity contribution in [2.24, 2.45) is 0 Å². The van der Waals surface area contributed by atoms with Crippen molar-refractivity contribution in [1.82, 2.24) is 5.32 Å². The molecule has 8 heteroatoms. The molecule has 0 saturated carbocycles. The molecule has 1 aromatic rings. The average Bonchev–Trinajstić information content (AvgIpc) is 2.39. The zero-order chi connectivity index (χ0) is 16.8. The van der Waals surface area contributed by atoms with Gasteiger partial charge in [-0.1, -0.05) is 6.07 Å². The Bertz CT molecular complexity index is 507. The van der Waals surface area contributed by atoms with Crippen molar-refractivity contribution in [2.45, 2.75) is 26.1 Å². The Hall–Kier alpha value is -1.96. The normalized spacial score (nSPS) is 12.6. The number of benzene rings is 1. The minimum absolute atomic E-state index is 0.0695. The largest absolute Gasteiger partial charge is 0.484 e. The summed E-state index contributed by atoms with van der Waals surface area (Å²) in [7, 11) is 1.52. The molecular weight excluding hydrogens is 301 g/mol. The van der Waals surface area contributed by atoms with Gasteiger partial charge in [-0.15, -0.1) is 0 Å². The highest BCUT2D eigenvalue weighted by Crippen LogP contribution is 2.27. The number of nitrogens with one attached hydrogen (secondary N) is 2. The van der Waals surface area contributed by atoms with Gasteiger partial charge in [-0.05, 0) is 26.0 Å². The summed E-state index contributed by atoms with van der Waals surface area (Å²) in [5, 5.41) is 5.21. The monoisotopic (exact) mass is 320 g/mol. The summed E-state index contributed by atoms with van der Waals surface area (Å²) in [6.07, 6.45) is -4.41. The summed E-state index contributed by atoms with van der Waals surface area (Å²) in [6, 6.07) is 3.83. The molecule has 5 nitrogen and oxygen atoms in total. The number of hydrogen-bond acceptors (Lipinski definition) is 3. The van der Waals surface area contributed by atoms with E-state index in [4.69, 9.17) is 9.47 Å². The second kappa shape index (κ2) is 7.88. The topological polar surface area (TPSA) is 59.6 Å². The van der Waals surface area contributed by atoms with Crippen LogP contribution in [0.15, 0.2) is 18.2 Å². The molecule has 0 aromatic heterocycles. The Balaban J connectivity index is 2.70. The van der Waals surface area contributed by atoms with Crippen molar-refractivity contribution >= 4 is 11.7 Å². The van der Waals surface area contributed by atoms with Crippen LogP contribution in [0.5, 0.6) is 5.75 Å². The number of alkyl halides is 3. The van der Waals surface area contributed by atoms with Crippen molar-refractivity contribution < 1.29 is 27.4 Å². The number of methoxy groups -OCH3 is 1. The number of hydrogen-bond donors (Lipinski definition) is 2. The highest BCUT2D eigenvalue weighted by atomic mass is 19.4. The van der Waals surface area contributed by atoms with Gasteiger partial charge in [0.2, 0.25) is 0 Å². The second-order valence-electron chi connectivity index (χ2n) is 4.79. The van der Waals surface area contributed by atoms with Gasteiger partial charge in [0.1, 0.15) is 5.75 Å². The van der Waals surface area contributed by atoms with E-state index in [0.717, 1.165) is 0 Å². The Morgan fingerprint density at radius 1 is 1.36 bits per heavy atom. The van der Waals surface area contributed by atoms with Crippen LogP contribution in [-0.4, -0.2) is 38.6 Å². The van der Waals surface area contributed by atoms with Gasteiger partial charge < -0.3 is 20.1 Å². The van der Waals surface area contributed by atoms with E-state index in [9.17, 15) is 18.0 Å². The van der Waals surface area contributed by atoms with Crippen LogP contribution in [0.3, 0.4) is 0 Å². The van der Waals surface area contributed by atoms with Crippen LogP contribution in [0.2, 0.25) is 0 Å². The van der Waals surface area contributed by atoms with E-state index in [-0.39, 0.29) is 11.8 Å². The molecule has 0 radical (unpaired) electrons. The molecule has 0 spiro atoms. The first-order chi connectivity index (χ1) is 10.2. The summed E-state index contributed by atoms with van der Waals surface area (Å²) in [4.78, 5) is 11.8. The standard InChI is InChI=1S/C14H19F3N2O3/c1-9(7-21-3)18-13(20)19-11-5-4-6-12(10(11)2)22-8-14(15,16)17/h4-6,9H,7-8H2,1-3H3,(H2,18,19,20). The van der Waals surface area contributed by atoms with E-state index < -0.39 is 18.8 Å². The van der Waals surface area contributed by atoms with Crippen LogP contribution in [0.25, 0.3) is 0 Å². The lowest BCUT2D eigenvalue weighted by Gasteiger charge is -2.17. The summed E-state index contributed by atoms with van der Waals surface area (Å²) < 4.78 is 46.2. The Kier molecular flexibility index (Phi) is 6.48. The van der Waals surface area contributed by atoms with E-state index in [2.05, 4.69) is 10.6 Å². The molecule has 0 aliphatic carbocycles. The zero-order valence-corrected chi connectivity index (χ0v) is 12.6. The zero-order valence-electron chi connectivity index (χ0n) is 12.6. The van der Waals surface area contributed by atoms with Gasteiger partial charge >= 0.3 is 12.2 Å². The van der Waals surface area contributed by atoms with Crippen molar-refractivity contribution in [3.05, 3.63) is 23.8 Å². The number of amides is 2. The summed E-state index contributed by atoms with van der Waals surface area (Å²) in [5.74, 6) is 0.0695. The molecule has 1 unspecified atom stereocenters. The number of halogens is 3. The number of carbonyl (C=O) groups is 1. The van der Waals surface area contributed by atoms with Crippen molar-refractivity contribution in [3.8, 4) is 5.75 Å². The second-order valence-corrected chi connectivity index (χ2v) is 4.79. The Morgan fingerprint density at radius 2 is 2.05 bits per heavy atom. The predicted octanol–water partition coefficient (Wildman–Crippen LogP) is 3.09. The molecule has 2 N–H and O–H groups in total. The lowest BCUT2D eigenvalue weighted by atomic mass is 10.2. The van der Waals surface area contributed by atoms with Gasteiger partial charge in [0.25, 0.3) is 0 Å². The van der Waals surface area contributed by atoms with Crippen LogP contribution < -0.4 is 15.4 Å². The number of carbonyl (C=O) groups excluding carboxylic acids is 1. The predicted molar refractivity (Wildman–Crippen MR) is 76.2 cm³/mol. The maximum Gasteiger partial charge on any atom is 0.422 e. The minimum atomic E-state index is -4.41. The van der Waals surface area contributed by atoms with E-state index in [1.54, 1.807) is 19.9 Å². The van der Waals surface area contributed by atoms with Crippen LogP contribution in [0.4, 0.5) is 23.7 Å². The van der Waals surface area contributed by atoms with Crippen molar-refractivity contribution in [2.75, 3.05) is 25.6 Å². The smallest absolute Gasteiger partial charge is 0.422 e. The minimum Gasteiger partial charge on any atom is -0.484 e. The fourth-order valence-electron chi connectivity index (χ4n) is 1.74. The molecule has 0 aliphatic rings. The molecule has 2 amide bonds. The third-order valence-corrected chi connectivity index (χ3v) is 2.72. The SMILES string of the molecule is COCC(C)NC(=O)Nc1cccc(OCC(F)(F)F)c1C. The summed E-state index contributed by atoms with van der Waals surface area (Å²) in [6.45, 7) is 2.30. The van der Waals surface area contributed by atoms with Crippen LogP contribution in [0.1, 0.15) is 12.5 Å². The lowest BCUT2D eigenvalue weighted by molar-refractivity contribution is -0.153. The molecule has 1 aromatic carbocycles.